The van der Waals surface area contributed by atoms with Gasteiger partial charge in [0.05, 0.1) is 13.3 Å². The number of benzene rings is 1. The number of allylic oxidation sites excluding steroid dienone is 1. The van der Waals surface area contributed by atoms with Crippen LogP contribution in [-0.2, 0) is 6.42 Å². The molecule has 0 fully saturated rings. The van der Waals surface area contributed by atoms with Gasteiger partial charge in [0.25, 0.3) is 11.5 Å². The van der Waals surface area contributed by atoms with Gasteiger partial charge in [-0.1, -0.05) is 11.6 Å². The van der Waals surface area contributed by atoms with E-state index in [4.69, 9.17) is 16.3 Å². The van der Waals surface area contributed by atoms with Gasteiger partial charge in [-0.15, -0.1) is 0 Å². The zero-order valence-corrected chi connectivity index (χ0v) is 14.8. The first-order valence-corrected chi connectivity index (χ1v) is 8.48. The van der Waals surface area contributed by atoms with Gasteiger partial charge in [-0.3, -0.25) is 4.79 Å². The van der Waals surface area contributed by atoms with Crippen LogP contribution in [0.4, 0.5) is 0 Å². The number of halogens is 1. The summed E-state index contributed by atoms with van der Waals surface area (Å²) in [7, 11) is 1.62. The quantitative estimate of drug-likeness (QED) is 0.712. The molecule has 2 heterocycles. The minimum Gasteiger partial charge on any atom is -0.497 e. The van der Waals surface area contributed by atoms with E-state index in [9.17, 15) is 4.79 Å². The van der Waals surface area contributed by atoms with Gasteiger partial charge < -0.3 is 4.74 Å². The maximum absolute atomic E-state index is 12.8. The molecule has 26 heavy (non-hydrogen) atoms. The summed E-state index contributed by atoms with van der Waals surface area (Å²) in [5.74, 6) is 1.01. The smallest absolute Gasteiger partial charge is 0.278 e. The molecule has 0 saturated carbocycles. The molecule has 1 aliphatic carbocycles. The van der Waals surface area contributed by atoms with Crippen LogP contribution in [0.2, 0.25) is 5.02 Å². The number of methoxy groups -OCH3 is 1. The summed E-state index contributed by atoms with van der Waals surface area (Å²) in [4.78, 5) is 21.0. The van der Waals surface area contributed by atoms with Crippen molar-refractivity contribution < 1.29 is 4.74 Å². The van der Waals surface area contributed by atoms with Crippen molar-refractivity contribution in [3.05, 3.63) is 74.9 Å². The van der Waals surface area contributed by atoms with E-state index < -0.39 is 0 Å². The highest BCUT2D eigenvalue weighted by molar-refractivity contribution is 6.32. The SMILES string of the molecule is COc1ccc(Cl)c(C2=Cc3cnn(-c4ncccn4)c(=O)c3CC2)c1. The summed E-state index contributed by atoms with van der Waals surface area (Å²) in [5, 5.41) is 4.88. The molecular formula is C19H15ClN4O2. The van der Waals surface area contributed by atoms with Crippen molar-refractivity contribution in [1.29, 1.82) is 0 Å². The van der Waals surface area contributed by atoms with Crippen LogP contribution in [0.25, 0.3) is 17.6 Å². The third-order valence-electron chi connectivity index (χ3n) is 4.35. The molecule has 1 aromatic carbocycles. The third-order valence-corrected chi connectivity index (χ3v) is 4.68. The second-order valence-corrected chi connectivity index (χ2v) is 6.27. The highest BCUT2D eigenvalue weighted by atomic mass is 35.5. The van der Waals surface area contributed by atoms with Crippen LogP contribution in [0, 0.1) is 0 Å². The fourth-order valence-corrected chi connectivity index (χ4v) is 3.27. The van der Waals surface area contributed by atoms with Crippen LogP contribution in [-0.4, -0.2) is 26.9 Å². The van der Waals surface area contributed by atoms with Gasteiger partial charge in [-0.05, 0) is 54.3 Å². The minimum atomic E-state index is -0.194. The maximum atomic E-state index is 12.8. The predicted molar refractivity (Wildman–Crippen MR) is 99.6 cm³/mol. The van der Waals surface area contributed by atoms with Crippen LogP contribution in [0.3, 0.4) is 0 Å². The van der Waals surface area contributed by atoms with E-state index in [2.05, 4.69) is 15.1 Å². The maximum Gasteiger partial charge on any atom is 0.278 e. The highest BCUT2D eigenvalue weighted by Gasteiger charge is 2.19. The third kappa shape index (κ3) is 2.88. The van der Waals surface area contributed by atoms with Gasteiger partial charge in [-0.25, -0.2) is 9.97 Å². The summed E-state index contributed by atoms with van der Waals surface area (Å²) >= 11 is 6.36. The van der Waals surface area contributed by atoms with Crippen molar-refractivity contribution in [3.63, 3.8) is 0 Å². The lowest BCUT2D eigenvalue weighted by Gasteiger charge is -2.18. The van der Waals surface area contributed by atoms with Crippen LogP contribution in [0.1, 0.15) is 23.1 Å². The Morgan fingerprint density at radius 3 is 2.77 bits per heavy atom. The Morgan fingerprint density at radius 2 is 2.00 bits per heavy atom. The van der Waals surface area contributed by atoms with Gasteiger partial charge in [0, 0.05) is 28.5 Å². The molecule has 0 saturated heterocycles. The molecule has 6 nitrogen and oxygen atoms in total. The summed E-state index contributed by atoms with van der Waals surface area (Å²) in [5.41, 5.74) is 3.27. The Kier molecular flexibility index (Phi) is 4.26. The molecule has 0 atom stereocenters. The summed E-state index contributed by atoms with van der Waals surface area (Å²) < 4.78 is 6.52. The molecule has 0 spiro atoms. The molecule has 3 aromatic rings. The Balaban J connectivity index is 1.79. The van der Waals surface area contributed by atoms with Gasteiger partial charge >= 0.3 is 0 Å². The Morgan fingerprint density at radius 1 is 1.19 bits per heavy atom. The molecule has 0 N–H and O–H groups in total. The summed E-state index contributed by atoms with van der Waals surface area (Å²) in [6, 6.07) is 7.24. The monoisotopic (exact) mass is 366 g/mol. The molecule has 0 aliphatic heterocycles. The van der Waals surface area contributed by atoms with Crippen molar-refractivity contribution >= 4 is 23.3 Å². The van der Waals surface area contributed by atoms with Gasteiger partial charge in [-0.2, -0.15) is 9.78 Å². The highest BCUT2D eigenvalue weighted by Crippen LogP contribution is 2.34. The van der Waals surface area contributed by atoms with Crippen LogP contribution >= 0.6 is 11.6 Å². The zero-order chi connectivity index (χ0) is 18.1. The van der Waals surface area contributed by atoms with E-state index >= 15 is 0 Å². The average molecular weight is 367 g/mol. The van der Waals surface area contributed by atoms with Gasteiger partial charge in [0.15, 0.2) is 0 Å². The fraction of sp³-hybridized carbons (Fsp3) is 0.158. The molecule has 4 rings (SSSR count). The molecule has 7 heteroatoms. The summed E-state index contributed by atoms with van der Waals surface area (Å²) in [6.07, 6.45) is 8.10. The zero-order valence-electron chi connectivity index (χ0n) is 14.0. The van der Waals surface area contributed by atoms with E-state index in [1.54, 1.807) is 31.8 Å². The second kappa shape index (κ2) is 6.72. The number of ether oxygens (including phenoxy) is 1. The number of fused-ring (bicyclic) bond motifs is 1. The fourth-order valence-electron chi connectivity index (χ4n) is 3.03. The molecule has 0 amide bonds. The first-order valence-electron chi connectivity index (χ1n) is 8.10. The number of nitrogens with zero attached hydrogens (tertiary/aromatic N) is 4. The van der Waals surface area contributed by atoms with Crippen LogP contribution < -0.4 is 10.3 Å². The number of aromatic nitrogens is 4. The standard InChI is InChI=1S/C19H15ClN4O2/c1-26-14-4-6-17(20)16(10-14)12-3-5-15-13(9-12)11-23-24(18(15)25)19-21-7-2-8-22-19/h2,4,6-11H,3,5H2,1H3. The Labute approximate surface area is 154 Å². The number of hydrogen-bond donors (Lipinski definition) is 0. The lowest BCUT2D eigenvalue weighted by Crippen LogP contribution is -2.28. The predicted octanol–water partition coefficient (Wildman–Crippen LogP) is 3.17. The average Bonchev–Trinajstić information content (AvgIpc) is 2.69. The first-order chi connectivity index (χ1) is 12.7. The Bertz CT molecular complexity index is 1060. The normalized spacial score (nSPS) is 13.1. The van der Waals surface area contributed by atoms with Gasteiger partial charge in [0.2, 0.25) is 0 Å². The molecule has 130 valence electrons. The van der Waals surface area contributed by atoms with E-state index in [0.29, 0.717) is 23.4 Å². The lowest BCUT2D eigenvalue weighted by atomic mass is 9.90. The number of rotatable bonds is 3. The molecule has 2 aromatic heterocycles. The second-order valence-electron chi connectivity index (χ2n) is 5.86. The van der Waals surface area contributed by atoms with Gasteiger partial charge in [0.1, 0.15) is 5.75 Å². The van der Waals surface area contributed by atoms with E-state index in [1.807, 2.05) is 24.3 Å². The van der Waals surface area contributed by atoms with Crippen molar-refractivity contribution in [2.24, 2.45) is 0 Å². The minimum absolute atomic E-state index is 0.194. The topological polar surface area (TPSA) is 69.9 Å². The van der Waals surface area contributed by atoms with E-state index in [-0.39, 0.29) is 11.5 Å². The lowest BCUT2D eigenvalue weighted by molar-refractivity contribution is 0.414. The van der Waals surface area contributed by atoms with E-state index in [1.165, 1.54) is 4.68 Å². The van der Waals surface area contributed by atoms with Crippen molar-refractivity contribution in [2.75, 3.05) is 7.11 Å². The number of hydrogen-bond acceptors (Lipinski definition) is 5. The molecule has 1 aliphatic rings. The van der Waals surface area contributed by atoms with E-state index in [0.717, 1.165) is 22.4 Å². The van der Waals surface area contributed by atoms with Crippen molar-refractivity contribution in [3.8, 4) is 11.7 Å². The van der Waals surface area contributed by atoms with Crippen LogP contribution in [0.5, 0.6) is 5.75 Å². The van der Waals surface area contributed by atoms with Crippen molar-refractivity contribution in [1.82, 2.24) is 19.7 Å². The van der Waals surface area contributed by atoms with Crippen molar-refractivity contribution in [2.45, 2.75) is 12.8 Å². The largest absolute Gasteiger partial charge is 0.497 e. The molecular weight excluding hydrogens is 352 g/mol. The van der Waals surface area contributed by atoms with Crippen LogP contribution in [0.15, 0.2) is 47.7 Å². The molecule has 0 radical (unpaired) electrons. The molecule has 0 unspecified atom stereocenters. The Hall–Kier alpha value is -2.99. The molecule has 0 bridgehead atoms. The summed E-state index contributed by atoms with van der Waals surface area (Å²) in [6.45, 7) is 0. The first kappa shape index (κ1) is 16.5.